The molecule has 0 radical (unpaired) electrons. The van der Waals surface area contributed by atoms with Gasteiger partial charge in [0.05, 0.1) is 6.61 Å². The number of carbonyl (C=O) groups excluding carboxylic acids is 2. The zero-order valence-electron chi connectivity index (χ0n) is 19.0. The molecule has 180 valence electrons. The molecule has 2 aliphatic carbocycles. The van der Waals surface area contributed by atoms with E-state index in [1.807, 2.05) is 36.4 Å². The van der Waals surface area contributed by atoms with Crippen molar-refractivity contribution in [1.82, 2.24) is 10.6 Å². The number of carbonyl (C=O) groups is 3. The number of fused-ring (bicyclic) bond motifs is 3. The topological polar surface area (TPSA) is 114 Å². The molecule has 1 unspecified atom stereocenters. The zero-order valence-corrected chi connectivity index (χ0v) is 19.0. The summed E-state index contributed by atoms with van der Waals surface area (Å²) in [4.78, 5) is 36.1. The number of carboxylic acid groups (broad SMARTS) is 1. The lowest BCUT2D eigenvalue weighted by Crippen LogP contribution is -2.48. The van der Waals surface area contributed by atoms with E-state index in [2.05, 4.69) is 22.8 Å². The Kier molecular flexibility index (Phi) is 7.80. The maximum Gasteiger partial charge on any atom is 0.407 e. The molecule has 8 nitrogen and oxygen atoms in total. The van der Waals surface area contributed by atoms with Gasteiger partial charge in [0.2, 0.25) is 5.91 Å². The van der Waals surface area contributed by atoms with Crippen LogP contribution < -0.4 is 10.6 Å². The van der Waals surface area contributed by atoms with Gasteiger partial charge in [-0.25, -0.2) is 4.79 Å². The first-order valence-corrected chi connectivity index (χ1v) is 11.7. The average molecular weight is 467 g/mol. The number of hydrogen-bond donors (Lipinski definition) is 3. The van der Waals surface area contributed by atoms with Crippen LogP contribution in [0.5, 0.6) is 0 Å². The molecule has 0 aliphatic heterocycles. The van der Waals surface area contributed by atoms with Gasteiger partial charge in [-0.2, -0.15) is 0 Å². The quantitative estimate of drug-likeness (QED) is 0.414. The smallest absolute Gasteiger partial charge is 0.407 e. The number of aliphatic carboxylic acids is 1. The largest absolute Gasteiger partial charge is 0.481 e. The van der Waals surface area contributed by atoms with Crippen molar-refractivity contribution in [2.75, 3.05) is 26.4 Å². The number of ether oxygens (including phenoxy) is 2. The highest BCUT2D eigenvalue weighted by atomic mass is 16.5. The molecule has 34 heavy (non-hydrogen) atoms. The molecule has 0 spiro atoms. The molecule has 0 saturated heterocycles. The Morgan fingerprint density at radius 1 is 0.971 bits per heavy atom. The molecule has 4 rings (SSSR count). The van der Waals surface area contributed by atoms with Gasteiger partial charge in [0, 0.05) is 25.5 Å². The van der Waals surface area contributed by atoms with Gasteiger partial charge in [-0.05, 0) is 47.4 Å². The maximum absolute atomic E-state index is 12.6. The van der Waals surface area contributed by atoms with Gasteiger partial charge in [-0.1, -0.05) is 48.5 Å². The third kappa shape index (κ3) is 6.14. The molecule has 2 aromatic rings. The molecule has 1 fully saturated rings. The maximum atomic E-state index is 12.6. The zero-order chi connectivity index (χ0) is 23.9. The van der Waals surface area contributed by atoms with Crippen molar-refractivity contribution in [2.45, 2.75) is 37.6 Å². The van der Waals surface area contributed by atoms with Crippen molar-refractivity contribution in [3.05, 3.63) is 59.7 Å². The Bertz CT molecular complexity index is 990. The van der Waals surface area contributed by atoms with Gasteiger partial charge in [0.15, 0.2) is 0 Å². The molecule has 0 aromatic heterocycles. The van der Waals surface area contributed by atoms with Crippen LogP contribution in [0.2, 0.25) is 0 Å². The van der Waals surface area contributed by atoms with Crippen LogP contribution in [-0.2, 0) is 19.1 Å². The lowest BCUT2D eigenvalue weighted by molar-refractivity contribution is -0.137. The van der Waals surface area contributed by atoms with Gasteiger partial charge in [-0.15, -0.1) is 0 Å². The Labute approximate surface area is 198 Å². The summed E-state index contributed by atoms with van der Waals surface area (Å²) < 4.78 is 11.0. The van der Waals surface area contributed by atoms with Crippen molar-refractivity contribution in [1.29, 1.82) is 0 Å². The first-order chi connectivity index (χ1) is 16.5. The van der Waals surface area contributed by atoms with E-state index >= 15 is 0 Å². The van der Waals surface area contributed by atoms with E-state index in [1.165, 1.54) is 12.8 Å². The fourth-order valence-corrected chi connectivity index (χ4v) is 4.22. The lowest BCUT2D eigenvalue weighted by atomic mass is 9.98. The van der Waals surface area contributed by atoms with Crippen LogP contribution in [0.25, 0.3) is 11.1 Å². The molecule has 2 amide bonds. The van der Waals surface area contributed by atoms with Crippen molar-refractivity contribution in [3.8, 4) is 11.1 Å². The molecule has 2 aliphatic rings. The molecule has 0 bridgehead atoms. The predicted octanol–water partition coefficient (Wildman–Crippen LogP) is 3.30. The molecular formula is C26H30N2O6. The highest BCUT2D eigenvalue weighted by Gasteiger charge is 2.30. The van der Waals surface area contributed by atoms with E-state index in [1.54, 1.807) is 0 Å². The summed E-state index contributed by atoms with van der Waals surface area (Å²) >= 11 is 0. The minimum Gasteiger partial charge on any atom is -0.481 e. The number of amides is 2. The summed E-state index contributed by atoms with van der Waals surface area (Å²) in [5, 5.41) is 14.3. The Balaban J connectivity index is 1.31. The normalized spacial score (nSPS) is 15.2. The second-order valence-electron chi connectivity index (χ2n) is 8.76. The second-order valence-corrected chi connectivity index (χ2v) is 8.76. The molecular weight excluding hydrogens is 436 g/mol. The number of hydrogen-bond acceptors (Lipinski definition) is 5. The molecule has 0 heterocycles. The Morgan fingerprint density at radius 3 is 2.24 bits per heavy atom. The van der Waals surface area contributed by atoms with Crippen LogP contribution in [0.1, 0.15) is 42.7 Å². The highest BCUT2D eigenvalue weighted by Crippen LogP contribution is 2.44. The Hall–Kier alpha value is -3.39. The van der Waals surface area contributed by atoms with Crippen molar-refractivity contribution in [3.63, 3.8) is 0 Å². The number of nitrogens with one attached hydrogen (secondary N) is 2. The van der Waals surface area contributed by atoms with Gasteiger partial charge >= 0.3 is 12.1 Å². The molecule has 8 heteroatoms. The Morgan fingerprint density at radius 2 is 1.62 bits per heavy atom. The van der Waals surface area contributed by atoms with Gasteiger partial charge in [0.25, 0.3) is 0 Å². The van der Waals surface area contributed by atoms with Gasteiger partial charge < -0.3 is 25.2 Å². The van der Waals surface area contributed by atoms with E-state index in [0.29, 0.717) is 25.7 Å². The molecule has 1 saturated carbocycles. The van der Waals surface area contributed by atoms with Crippen LogP contribution in [0.3, 0.4) is 0 Å². The summed E-state index contributed by atoms with van der Waals surface area (Å²) in [6.45, 7) is 1.47. The third-order valence-electron chi connectivity index (χ3n) is 6.20. The van der Waals surface area contributed by atoms with Gasteiger partial charge in [0.1, 0.15) is 12.6 Å². The van der Waals surface area contributed by atoms with E-state index < -0.39 is 24.0 Å². The number of benzene rings is 2. The summed E-state index contributed by atoms with van der Waals surface area (Å²) in [5.74, 6) is -0.966. The number of rotatable bonds is 12. The number of carboxylic acids is 1. The fourth-order valence-electron chi connectivity index (χ4n) is 4.22. The van der Waals surface area contributed by atoms with E-state index in [9.17, 15) is 14.4 Å². The van der Waals surface area contributed by atoms with E-state index in [-0.39, 0.29) is 25.4 Å². The first-order valence-electron chi connectivity index (χ1n) is 11.7. The molecule has 3 N–H and O–H groups in total. The summed E-state index contributed by atoms with van der Waals surface area (Å²) in [7, 11) is 0. The monoisotopic (exact) mass is 466 g/mol. The first kappa shape index (κ1) is 23.8. The third-order valence-corrected chi connectivity index (χ3v) is 6.20. The van der Waals surface area contributed by atoms with Gasteiger partial charge in [-0.3, -0.25) is 9.59 Å². The van der Waals surface area contributed by atoms with E-state index in [4.69, 9.17) is 14.6 Å². The van der Waals surface area contributed by atoms with Crippen molar-refractivity contribution < 1.29 is 29.0 Å². The van der Waals surface area contributed by atoms with Crippen LogP contribution in [0, 0.1) is 5.92 Å². The van der Waals surface area contributed by atoms with Crippen LogP contribution in [-0.4, -0.2) is 55.5 Å². The fraction of sp³-hybridized carbons (Fsp3) is 0.423. The minimum absolute atomic E-state index is 0.0334. The second kappa shape index (κ2) is 11.2. The van der Waals surface area contributed by atoms with Crippen molar-refractivity contribution >= 4 is 18.0 Å². The SMILES string of the molecule is O=C(O)CCC(NC(=O)OCC1c2ccccc2-c2ccccc21)C(=O)NCCOCC1CC1. The summed E-state index contributed by atoms with van der Waals surface area (Å²) in [5.41, 5.74) is 4.41. The predicted molar refractivity (Wildman–Crippen MR) is 125 cm³/mol. The standard InChI is InChI=1S/C26H30N2O6/c29-24(30)12-11-23(25(31)27-13-14-33-15-17-9-10-17)28-26(32)34-16-22-20-7-3-1-5-18(20)19-6-2-4-8-21(19)22/h1-8,17,22-23H,9-16H2,(H,27,31)(H,28,32)(H,29,30). The minimum atomic E-state index is -1.04. The molecule has 2 aromatic carbocycles. The average Bonchev–Trinajstić information content (AvgIpc) is 3.61. The summed E-state index contributed by atoms with van der Waals surface area (Å²) in [6.07, 6.45) is 1.34. The van der Waals surface area contributed by atoms with Crippen LogP contribution in [0.15, 0.2) is 48.5 Å². The van der Waals surface area contributed by atoms with Crippen LogP contribution in [0.4, 0.5) is 4.79 Å². The van der Waals surface area contributed by atoms with Crippen LogP contribution >= 0.6 is 0 Å². The summed E-state index contributed by atoms with van der Waals surface area (Å²) in [6, 6.07) is 15.0. The lowest BCUT2D eigenvalue weighted by Gasteiger charge is -2.19. The highest BCUT2D eigenvalue weighted by molar-refractivity contribution is 5.86. The number of alkyl carbamates (subject to hydrolysis) is 1. The van der Waals surface area contributed by atoms with E-state index in [0.717, 1.165) is 22.3 Å². The molecule has 1 atom stereocenters. The van der Waals surface area contributed by atoms with Crippen molar-refractivity contribution in [2.24, 2.45) is 5.92 Å².